The Kier molecular flexibility index (Phi) is 4.61. The second kappa shape index (κ2) is 6.23. The number of hydrogen-bond donors (Lipinski definition) is 0. The third-order valence-corrected chi connectivity index (χ3v) is 3.93. The molecular formula is C12H12ClN3O3S. The normalized spacial score (nSPS) is 14.3. The van der Waals surface area contributed by atoms with Crippen LogP contribution in [0.2, 0.25) is 5.02 Å². The van der Waals surface area contributed by atoms with Crippen molar-refractivity contribution in [1.82, 2.24) is 4.90 Å². The van der Waals surface area contributed by atoms with E-state index >= 15 is 0 Å². The van der Waals surface area contributed by atoms with Crippen LogP contribution in [-0.2, 0) is 0 Å². The Hall–Kier alpha value is -1.60. The van der Waals surface area contributed by atoms with E-state index < -0.39 is 4.92 Å². The molecule has 20 heavy (non-hydrogen) atoms. The van der Waals surface area contributed by atoms with Gasteiger partial charge in [0.2, 0.25) is 0 Å². The summed E-state index contributed by atoms with van der Waals surface area (Å²) in [6.07, 6.45) is 0. The SMILES string of the molecule is CCSC1=NCCN1C(=O)c1ccc(Cl)c([N+](=O)[O-])c1. The quantitative estimate of drug-likeness (QED) is 0.635. The van der Waals surface area contributed by atoms with Gasteiger partial charge in [-0.2, -0.15) is 0 Å². The smallest absolute Gasteiger partial charge is 0.286 e. The molecule has 1 aromatic rings. The maximum Gasteiger partial charge on any atom is 0.288 e. The molecule has 0 aromatic heterocycles. The number of benzene rings is 1. The largest absolute Gasteiger partial charge is 0.288 e. The van der Waals surface area contributed by atoms with Gasteiger partial charge in [0.05, 0.1) is 11.5 Å². The van der Waals surface area contributed by atoms with Gasteiger partial charge in [0.1, 0.15) is 5.02 Å². The Labute approximate surface area is 125 Å². The van der Waals surface area contributed by atoms with E-state index in [1.54, 1.807) is 4.90 Å². The van der Waals surface area contributed by atoms with Gasteiger partial charge in [-0.05, 0) is 17.9 Å². The third-order valence-electron chi connectivity index (χ3n) is 2.71. The molecule has 0 N–H and O–H groups in total. The Morgan fingerprint density at radius 2 is 2.35 bits per heavy atom. The van der Waals surface area contributed by atoms with E-state index in [4.69, 9.17) is 11.6 Å². The van der Waals surface area contributed by atoms with Crippen molar-refractivity contribution in [1.29, 1.82) is 0 Å². The average molecular weight is 314 g/mol. The second-order valence-electron chi connectivity index (χ2n) is 3.98. The van der Waals surface area contributed by atoms with Crippen molar-refractivity contribution in [2.45, 2.75) is 6.92 Å². The Morgan fingerprint density at radius 1 is 1.60 bits per heavy atom. The van der Waals surface area contributed by atoms with Gasteiger partial charge in [-0.3, -0.25) is 24.8 Å². The molecule has 8 heteroatoms. The van der Waals surface area contributed by atoms with Gasteiger partial charge in [0, 0.05) is 18.2 Å². The summed E-state index contributed by atoms with van der Waals surface area (Å²) < 4.78 is 0. The minimum Gasteiger partial charge on any atom is -0.286 e. The zero-order chi connectivity index (χ0) is 14.7. The van der Waals surface area contributed by atoms with Crippen molar-refractivity contribution in [3.05, 3.63) is 38.9 Å². The number of rotatable bonds is 3. The van der Waals surface area contributed by atoms with E-state index in [1.807, 2.05) is 6.92 Å². The first-order valence-electron chi connectivity index (χ1n) is 5.97. The van der Waals surface area contributed by atoms with Gasteiger partial charge >= 0.3 is 0 Å². The molecule has 0 aliphatic carbocycles. The van der Waals surface area contributed by atoms with E-state index in [2.05, 4.69) is 4.99 Å². The van der Waals surface area contributed by atoms with Crippen LogP contribution in [0.5, 0.6) is 0 Å². The highest BCUT2D eigenvalue weighted by molar-refractivity contribution is 8.13. The molecule has 1 heterocycles. The zero-order valence-corrected chi connectivity index (χ0v) is 12.3. The zero-order valence-electron chi connectivity index (χ0n) is 10.7. The Bertz CT molecular complexity index is 591. The summed E-state index contributed by atoms with van der Waals surface area (Å²) in [7, 11) is 0. The summed E-state index contributed by atoms with van der Waals surface area (Å²) in [5.41, 5.74) is -0.0225. The summed E-state index contributed by atoms with van der Waals surface area (Å²) in [6, 6.07) is 4.06. The first-order chi connectivity index (χ1) is 9.54. The van der Waals surface area contributed by atoms with Gasteiger partial charge < -0.3 is 0 Å². The number of aliphatic imine (C=N–C) groups is 1. The van der Waals surface area contributed by atoms with E-state index in [-0.39, 0.29) is 22.2 Å². The van der Waals surface area contributed by atoms with Gasteiger partial charge in [-0.1, -0.05) is 30.3 Å². The van der Waals surface area contributed by atoms with Crippen LogP contribution < -0.4 is 0 Å². The Morgan fingerprint density at radius 3 is 3.00 bits per heavy atom. The van der Waals surface area contributed by atoms with Crippen LogP contribution in [0.15, 0.2) is 23.2 Å². The summed E-state index contributed by atoms with van der Waals surface area (Å²) in [6.45, 7) is 3.03. The first-order valence-corrected chi connectivity index (χ1v) is 7.34. The van der Waals surface area contributed by atoms with Gasteiger partial charge in [0.25, 0.3) is 11.6 Å². The average Bonchev–Trinajstić information content (AvgIpc) is 2.87. The third kappa shape index (κ3) is 2.94. The van der Waals surface area contributed by atoms with Crippen molar-refractivity contribution in [2.24, 2.45) is 4.99 Å². The van der Waals surface area contributed by atoms with Crippen LogP contribution in [-0.4, -0.2) is 39.7 Å². The van der Waals surface area contributed by atoms with Crippen LogP contribution >= 0.6 is 23.4 Å². The number of hydrogen-bond acceptors (Lipinski definition) is 5. The minimum atomic E-state index is -0.598. The lowest BCUT2D eigenvalue weighted by Crippen LogP contribution is -2.32. The van der Waals surface area contributed by atoms with E-state index in [1.165, 1.54) is 30.0 Å². The lowest BCUT2D eigenvalue weighted by atomic mass is 10.2. The molecule has 6 nitrogen and oxygen atoms in total. The van der Waals surface area contributed by atoms with Gasteiger partial charge in [-0.15, -0.1) is 0 Å². The van der Waals surface area contributed by atoms with Crippen molar-refractivity contribution in [2.75, 3.05) is 18.8 Å². The van der Waals surface area contributed by atoms with Crippen molar-refractivity contribution < 1.29 is 9.72 Å². The highest BCUT2D eigenvalue weighted by Crippen LogP contribution is 2.26. The van der Waals surface area contributed by atoms with Crippen LogP contribution in [0.3, 0.4) is 0 Å². The van der Waals surface area contributed by atoms with Crippen LogP contribution in [0.4, 0.5) is 5.69 Å². The number of thioether (sulfide) groups is 1. The predicted molar refractivity (Wildman–Crippen MR) is 79.6 cm³/mol. The van der Waals surface area contributed by atoms with Gasteiger partial charge in [0.15, 0.2) is 5.17 Å². The molecule has 0 fully saturated rings. The summed E-state index contributed by atoms with van der Waals surface area (Å²) >= 11 is 7.22. The van der Waals surface area contributed by atoms with Gasteiger partial charge in [-0.25, -0.2) is 0 Å². The maximum absolute atomic E-state index is 12.4. The number of nitro groups is 1. The fraction of sp³-hybridized carbons (Fsp3) is 0.333. The van der Waals surface area contributed by atoms with E-state index in [9.17, 15) is 14.9 Å². The monoisotopic (exact) mass is 313 g/mol. The standard InChI is InChI=1S/C12H12ClN3O3S/c1-2-20-12-14-5-6-15(12)11(17)8-3-4-9(13)10(7-8)16(18)19/h3-4,7H,2,5-6H2,1H3. The second-order valence-corrected chi connectivity index (χ2v) is 5.62. The Balaban J connectivity index is 2.28. The molecule has 0 unspecified atom stereocenters. The first kappa shape index (κ1) is 14.8. The van der Waals surface area contributed by atoms with E-state index in [0.29, 0.717) is 18.3 Å². The molecule has 0 radical (unpaired) electrons. The molecule has 0 spiro atoms. The molecule has 0 saturated heterocycles. The summed E-state index contributed by atoms with van der Waals surface area (Å²) in [5, 5.41) is 11.5. The maximum atomic E-state index is 12.4. The summed E-state index contributed by atoms with van der Waals surface area (Å²) in [5.74, 6) is 0.519. The molecule has 1 aliphatic heterocycles. The molecule has 106 valence electrons. The molecule has 0 saturated carbocycles. The molecule has 1 aliphatic rings. The molecule has 2 rings (SSSR count). The topological polar surface area (TPSA) is 75.8 Å². The predicted octanol–water partition coefficient (Wildman–Crippen LogP) is 2.81. The lowest BCUT2D eigenvalue weighted by molar-refractivity contribution is -0.384. The van der Waals surface area contributed by atoms with Crippen LogP contribution in [0.1, 0.15) is 17.3 Å². The fourth-order valence-corrected chi connectivity index (χ4v) is 2.77. The molecule has 0 bridgehead atoms. The number of carbonyl (C=O) groups excluding carboxylic acids is 1. The highest BCUT2D eigenvalue weighted by atomic mass is 35.5. The number of amides is 1. The molecule has 0 atom stereocenters. The fourth-order valence-electron chi connectivity index (χ4n) is 1.81. The van der Waals surface area contributed by atoms with Crippen LogP contribution in [0, 0.1) is 10.1 Å². The number of nitrogens with zero attached hydrogens (tertiary/aromatic N) is 3. The number of halogens is 1. The number of amidine groups is 1. The van der Waals surface area contributed by atoms with Crippen molar-refractivity contribution >= 4 is 40.1 Å². The van der Waals surface area contributed by atoms with Crippen LogP contribution in [0.25, 0.3) is 0 Å². The summed E-state index contributed by atoms with van der Waals surface area (Å²) in [4.78, 5) is 28.4. The lowest BCUT2D eigenvalue weighted by Gasteiger charge is -2.17. The molecular weight excluding hydrogens is 302 g/mol. The molecule has 1 amide bonds. The number of nitro benzene ring substituents is 1. The molecule has 1 aromatic carbocycles. The van der Waals surface area contributed by atoms with Crippen molar-refractivity contribution in [3.8, 4) is 0 Å². The van der Waals surface area contributed by atoms with E-state index in [0.717, 1.165) is 5.75 Å². The number of carbonyl (C=O) groups is 1. The van der Waals surface area contributed by atoms with Crippen molar-refractivity contribution in [3.63, 3.8) is 0 Å². The highest BCUT2D eigenvalue weighted by Gasteiger charge is 2.26. The minimum absolute atomic E-state index is 0.0183.